The molecule has 1 heteroatoms. The van der Waals surface area contributed by atoms with Crippen molar-refractivity contribution in [2.45, 2.75) is 0 Å². The summed E-state index contributed by atoms with van der Waals surface area (Å²) in [6.07, 6.45) is 0. The van der Waals surface area contributed by atoms with Gasteiger partial charge in [0.15, 0.2) is 0 Å². The first kappa shape index (κ1) is 17.7. The third-order valence-electron chi connectivity index (χ3n) is 5.32. The van der Waals surface area contributed by atoms with Crippen molar-refractivity contribution in [3.63, 3.8) is 0 Å². The van der Waals surface area contributed by atoms with E-state index in [1.807, 2.05) is 12.1 Å². The summed E-state index contributed by atoms with van der Waals surface area (Å²) in [6, 6.07) is 40.5. The van der Waals surface area contributed by atoms with E-state index >= 15 is 0 Å². The first-order valence-corrected chi connectivity index (χ1v) is 10.1. The number of benzene rings is 5. The van der Waals surface area contributed by atoms with E-state index in [9.17, 15) is 0 Å². The van der Waals surface area contributed by atoms with Crippen molar-refractivity contribution in [3.8, 4) is 33.4 Å². The van der Waals surface area contributed by atoms with Gasteiger partial charge in [-0.05, 0) is 74.5 Å². The summed E-state index contributed by atoms with van der Waals surface area (Å²) in [4.78, 5) is 0. The molecule has 0 heterocycles. The predicted octanol–water partition coefficient (Wildman–Crippen LogP) is 8.49. The van der Waals surface area contributed by atoms with E-state index in [-0.39, 0.29) is 0 Å². The van der Waals surface area contributed by atoms with Crippen molar-refractivity contribution in [1.82, 2.24) is 0 Å². The number of hydrogen-bond acceptors (Lipinski definition) is 0. The molecule has 5 aromatic rings. The largest absolute Gasteiger partial charge is 0.0843 e. The molecule has 5 aromatic carbocycles. The summed E-state index contributed by atoms with van der Waals surface area (Å²) in [7, 11) is 0. The Morgan fingerprint density at radius 3 is 1.86 bits per heavy atom. The van der Waals surface area contributed by atoms with Crippen LogP contribution in [0.5, 0.6) is 0 Å². The van der Waals surface area contributed by atoms with E-state index in [0.717, 1.165) is 5.02 Å². The molecule has 0 fully saturated rings. The van der Waals surface area contributed by atoms with Crippen molar-refractivity contribution >= 4 is 22.4 Å². The van der Waals surface area contributed by atoms with Gasteiger partial charge in [0.1, 0.15) is 0 Å². The van der Waals surface area contributed by atoms with E-state index in [4.69, 9.17) is 11.6 Å². The molecule has 0 saturated heterocycles. The zero-order valence-electron chi connectivity index (χ0n) is 15.8. The topological polar surface area (TPSA) is 0 Å². The van der Waals surface area contributed by atoms with Crippen LogP contribution in [0, 0.1) is 0 Å². The molecule has 0 spiro atoms. The molecule has 0 amide bonds. The molecule has 0 aromatic heterocycles. The van der Waals surface area contributed by atoms with Crippen molar-refractivity contribution in [2.24, 2.45) is 0 Å². The Hall–Kier alpha value is -3.35. The second-order valence-corrected chi connectivity index (χ2v) is 7.64. The van der Waals surface area contributed by atoms with Crippen LogP contribution in [-0.2, 0) is 0 Å². The van der Waals surface area contributed by atoms with Crippen LogP contribution in [0.25, 0.3) is 44.2 Å². The Morgan fingerprint density at radius 2 is 1.07 bits per heavy atom. The molecule has 0 atom stereocenters. The fourth-order valence-electron chi connectivity index (χ4n) is 3.85. The van der Waals surface area contributed by atoms with Gasteiger partial charge in [0.05, 0.1) is 0 Å². The van der Waals surface area contributed by atoms with Crippen LogP contribution in [0.3, 0.4) is 0 Å². The monoisotopic (exact) mass is 390 g/mol. The number of hydrogen-bond donors (Lipinski definition) is 0. The lowest BCUT2D eigenvalue weighted by atomic mass is 9.92. The summed E-state index contributed by atoms with van der Waals surface area (Å²) in [5.41, 5.74) is 7.28. The summed E-state index contributed by atoms with van der Waals surface area (Å²) >= 11 is 6.12. The maximum absolute atomic E-state index is 6.12. The molecule has 0 saturated carbocycles. The van der Waals surface area contributed by atoms with Gasteiger partial charge < -0.3 is 0 Å². The van der Waals surface area contributed by atoms with Crippen LogP contribution in [-0.4, -0.2) is 0 Å². The van der Waals surface area contributed by atoms with Crippen molar-refractivity contribution in [3.05, 3.63) is 120 Å². The summed E-state index contributed by atoms with van der Waals surface area (Å²) < 4.78 is 0. The first-order valence-electron chi connectivity index (χ1n) is 9.72. The SMILES string of the molecule is Clc1ccc(-c2cc(-c3cccc(-c4ccccc4)c3)cc3ccccc23)cc1. The third-order valence-corrected chi connectivity index (χ3v) is 5.57. The Bertz CT molecular complexity index is 1290. The number of halogens is 1. The van der Waals surface area contributed by atoms with Gasteiger partial charge in [-0.3, -0.25) is 0 Å². The highest BCUT2D eigenvalue weighted by Gasteiger charge is 2.09. The minimum atomic E-state index is 0.754. The summed E-state index contributed by atoms with van der Waals surface area (Å²) in [5, 5.41) is 3.24. The summed E-state index contributed by atoms with van der Waals surface area (Å²) in [6.45, 7) is 0. The van der Waals surface area contributed by atoms with Gasteiger partial charge in [-0.1, -0.05) is 96.5 Å². The van der Waals surface area contributed by atoms with E-state index in [0.29, 0.717) is 0 Å². The molecule has 0 aliphatic heterocycles. The normalized spacial score (nSPS) is 10.9. The molecule has 0 unspecified atom stereocenters. The first-order chi connectivity index (χ1) is 14.3. The van der Waals surface area contributed by atoms with Crippen LogP contribution >= 0.6 is 11.6 Å². The highest BCUT2D eigenvalue weighted by atomic mass is 35.5. The van der Waals surface area contributed by atoms with Gasteiger partial charge >= 0.3 is 0 Å². The maximum Gasteiger partial charge on any atom is 0.0406 e. The molecule has 29 heavy (non-hydrogen) atoms. The lowest BCUT2D eigenvalue weighted by molar-refractivity contribution is 1.59. The molecule has 0 aliphatic carbocycles. The summed E-state index contributed by atoms with van der Waals surface area (Å²) in [5.74, 6) is 0. The predicted molar refractivity (Wildman–Crippen MR) is 125 cm³/mol. The van der Waals surface area contributed by atoms with Crippen LogP contribution < -0.4 is 0 Å². The molecular formula is C28H19Cl. The van der Waals surface area contributed by atoms with E-state index in [2.05, 4.69) is 103 Å². The molecular weight excluding hydrogens is 372 g/mol. The minimum Gasteiger partial charge on any atom is -0.0843 e. The lowest BCUT2D eigenvalue weighted by Crippen LogP contribution is -1.86. The molecule has 0 aliphatic rings. The Labute approximate surface area is 176 Å². The van der Waals surface area contributed by atoms with Crippen LogP contribution in [0.15, 0.2) is 115 Å². The van der Waals surface area contributed by atoms with Gasteiger partial charge in [-0.25, -0.2) is 0 Å². The van der Waals surface area contributed by atoms with Crippen LogP contribution in [0.1, 0.15) is 0 Å². The molecule has 0 radical (unpaired) electrons. The lowest BCUT2D eigenvalue weighted by Gasteiger charge is -2.12. The van der Waals surface area contributed by atoms with E-state index < -0.39 is 0 Å². The highest BCUT2D eigenvalue weighted by Crippen LogP contribution is 2.35. The third kappa shape index (κ3) is 3.55. The zero-order valence-corrected chi connectivity index (χ0v) is 16.6. The fourth-order valence-corrected chi connectivity index (χ4v) is 3.98. The van der Waals surface area contributed by atoms with Gasteiger partial charge in [0.2, 0.25) is 0 Å². The van der Waals surface area contributed by atoms with Gasteiger partial charge in [0.25, 0.3) is 0 Å². The maximum atomic E-state index is 6.12. The zero-order chi connectivity index (χ0) is 19.6. The van der Waals surface area contributed by atoms with Crippen LogP contribution in [0.2, 0.25) is 5.02 Å². The van der Waals surface area contributed by atoms with Crippen molar-refractivity contribution in [1.29, 1.82) is 0 Å². The Morgan fingerprint density at radius 1 is 0.414 bits per heavy atom. The van der Waals surface area contributed by atoms with E-state index in [1.165, 1.54) is 44.2 Å². The van der Waals surface area contributed by atoms with Gasteiger partial charge in [0, 0.05) is 5.02 Å². The molecule has 138 valence electrons. The smallest absolute Gasteiger partial charge is 0.0406 e. The highest BCUT2D eigenvalue weighted by molar-refractivity contribution is 6.30. The average Bonchev–Trinajstić information content (AvgIpc) is 2.79. The Balaban J connectivity index is 1.69. The molecule has 0 N–H and O–H groups in total. The molecule has 0 nitrogen and oxygen atoms in total. The minimum absolute atomic E-state index is 0.754. The number of fused-ring (bicyclic) bond motifs is 1. The fraction of sp³-hybridized carbons (Fsp3) is 0. The molecule has 5 rings (SSSR count). The molecule has 0 bridgehead atoms. The second-order valence-electron chi connectivity index (χ2n) is 7.20. The second kappa shape index (κ2) is 7.58. The Kier molecular flexibility index (Phi) is 4.63. The standard InChI is InChI=1S/C28H19Cl/c29-26-15-13-21(14-16-26)28-19-25(18-24-9-4-5-12-27(24)28)23-11-6-10-22(17-23)20-7-2-1-3-8-20/h1-19H. The van der Waals surface area contributed by atoms with Crippen molar-refractivity contribution in [2.75, 3.05) is 0 Å². The van der Waals surface area contributed by atoms with Crippen molar-refractivity contribution < 1.29 is 0 Å². The quantitative estimate of drug-likeness (QED) is 0.289. The van der Waals surface area contributed by atoms with Gasteiger partial charge in [-0.2, -0.15) is 0 Å². The van der Waals surface area contributed by atoms with Crippen LogP contribution in [0.4, 0.5) is 0 Å². The van der Waals surface area contributed by atoms with Gasteiger partial charge in [-0.15, -0.1) is 0 Å². The number of rotatable bonds is 3. The van der Waals surface area contributed by atoms with E-state index in [1.54, 1.807) is 0 Å². The average molecular weight is 391 g/mol.